The Kier molecular flexibility index (Phi) is 2.87. The van der Waals surface area contributed by atoms with Gasteiger partial charge in [0.25, 0.3) is 0 Å². The minimum absolute atomic E-state index is 1.05. The van der Waals surface area contributed by atoms with Crippen molar-refractivity contribution in [1.29, 1.82) is 0 Å². The predicted octanol–water partition coefficient (Wildman–Crippen LogP) is 4.13. The molecule has 0 radical (unpaired) electrons. The van der Waals surface area contributed by atoms with Crippen molar-refractivity contribution in [3.05, 3.63) is 52.1 Å². The summed E-state index contributed by atoms with van der Waals surface area (Å²) in [5.74, 6) is 0. The van der Waals surface area contributed by atoms with Crippen molar-refractivity contribution in [3.63, 3.8) is 0 Å². The number of hydrogen-bond donors (Lipinski definition) is 0. The standard InChI is InChI=1S/C13H12BrN/c1-9-5-6-11(12(14)8-9)13-10(2)4-3-7-15-13/h3-8H,1-2H3. The molecule has 0 saturated heterocycles. The number of hydrogen-bond acceptors (Lipinski definition) is 1. The second-order valence-electron chi connectivity index (χ2n) is 3.65. The molecular formula is C13H12BrN. The lowest BCUT2D eigenvalue weighted by Gasteiger charge is -2.07. The summed E-state index contributed by atoms with van der Waals surface area (Å²) in [5, 5.41) is 0. The van der Waals surface area contributed by atoms with Gasteiger partial charge in [0.15, 0.2) is 0 Å². The molecule has 1 aromatic heterocycles. The maximum atomic E-state index is 4.41. The van der Waals surface area contributed by atoms with E-state index in [0.29, 0.717) is 0 Å². The molecular weight excluding hydrogens is 250 g/mol. The van der Waals surface area contributed by atoms with E-state index in [0.717, 1.165) is 15.7 Å². The summed E-state index contributed by atoms with van der Waals surface area (Å²) in [6.07, 6.45) is 1.83. The first-order valence-electron chi connectivity index (χ1n) is 4.86. The van der Waals surface area contributed by atoms with E-state index in [-0.39, 0.29) is 0 Å². The van der Waals surface area contributed by atoms with Crippen LogP contribution in [-0.4, -0.2) is 4.98 Å². The molecule has 0 saturated carbocycles. The summed E-state index contributed by atoms with van der Waals surface area (Å²) >= 11 is 3.58. The summed E-state index contributed by atoms with van der Waals surface area (Å²) in [6.45, 7) is 4.16. The van der Waals surface area contributed by atoms with Gasteiger partial charge < -0.3 is 0 Å². The maximum Gasteiger partial charge on any atom is 0.0742 e. The highest BCUT2D eigenvalue weighted by molar-refractivity contribution is 9.10. The molecule has 0 aliphatic carbocycles. The number of benzene rings is 1. The first-order valence-corrected chi connectivity index (χ1v) is 5.66. The minimum atomic E-state index is 1.05. The van der Waals surface area contributed by atoms with Gasteiger partial charge in [-0.15, -0.1) is 0 Å². The Bertz CT molecular complexity index is 492. The topological polar surface area (TPSA) is 12.9 Å². The molecule has 0 unspecified atom stereocenters. The fourth-order valence-electron chi connectivity index (χ4n) is 1.58. The van der Waals surface area contributed by atoms with E-state index in [1.807, 2.05) is 12.3 Å². The third-order valence-electron chi connectivity index (χ3n) is 2.39. The van der Waals surface area contributed by atoms with E-state index in [9.17, 15) is 0 Å². The number of halogens is 1. The molecule has 0 atom stereocenters. The molecule has 0 aliphatic rings. The lowest BCUT2D eigenvalue weighted by molar-refractivity contribution is 1.26. The molecule has 2 rings (SSSR count). The smallest absolute Gasteiger partial charge is 0.0742 e. The number of pyridine rings is 1. The molecule has 0 fully saturated rings. The predicted molar refractivity (Wildman–Crippen MR) is 66.8 cm³/mol. The lowest BCUT2D eigenvalue weighted by atomic mass is 10.1. The highest BCUT2D eigenvalue weighted by Gasteiger charge is 2.06. The molecule has 2 aromatic rings. The van der Waals surface area contributed by atoms with Gasteiger partial charge >= 0.3 is 0 Å². The molecule has 2 heteroatoms. The number of nitrogens with zero attached hydrogens (tertiary/aromatic N) is 1. The molecule has 0 amide bonds. The molecule has 0 bridgehead atoms. The van der Waals surface area contributed by atoms with Crippen LogP contribution in [0.1, 0.15) is 11.1 Å². The maximum absolute atomic E-state index is 4.41. The molecule has 0 spiro atoms. The van der Waals surface area contributed by atoms with Crippen LogP contribution in [0.5, 0.6) is 0 Å². The second-order valence-corrected chi connectivity index (χ2v) is 4.51. The van der Waals surface area contributed by atoms with Gasteiger partial charge in [-0.05, 0) is 37.1 Å². The monoisotopic (exact) mass is 261 g/mol. The van der Waals surface area contributed by atoms with Crippen molar-refractivity contribution in [2.45, 2.75) is 13.8 Å². The van der Waals surface area contributed by atoms with Crippen molar-refractivity contribution >= 4 is 15.9 Å². The molecule has 1 heterocycles. The summed E-state index contributed by atoms with van der Waals surface area (Å²) in [5.41, 5.74) is 4.64. The SMILES string of the molecule is Cc1ccc(-c2ncccc2C)c(Br)c1. The van der Waals surface area contributed by atoms with Crippen LogP contribution in [0.15, 0.2) is 41.0 Å². The molecule has 0 N–H and O–H groups in total. The van der Waals surface area contributed by atoms with E-state index in [2.05, 4.69) is 59.0 Å². The van der Waals surface area contributed by atoms with Crippen molar-refractivity contribution in [3.8, 4) is 11.3 Å². The van der Waals surface area contributed by atoms with E-state index >= 15 is 0 Å². The van der Waals surface area contributed by atoms with Crippen LogP contribution in [-0.2, 0) is 0 Å². The van der Waals surface area contributed by atoms with Gasteiger partial charge in [0.05, 0.1) is 5.69 Å². The highest BCUT2D eigenvalue weighted by Crippen LogP contribution is 2.29. The van der Waals surface area contributed by atoms with E-state index in [1.165, 1.54) is 11.1 Å². The number of aromatic nitrogens is 1. The van der Waals surface area contributed by atoms with Crippen LogP contribution in [0.4, 0.5) is 0 Å². The third kappa shape index (κ3) is 2.10. The quantitative estimate of drug-likeness (QED) is 0.753. The average molecular weight is 262 g/mol. The fourth-order valence-corrected chi connectivity index (χ4v) is 2.26. The van der Waals surface area contributed by atoms with Gasteiger partial charge in [0.2, 0.25) is 0 Å². The molecule has 15 heavy (non-hydrogen) atoms. The van der Waals surface area contributed by atoms with Crippen molar-refractivity contribution in [1.82, 2.24) is 4.98 Å². The van der Waals surface area contributed by atoms with Crippen LogP contribution in [0, 0.1) is 13.8 Å². The van der Waals surface area contributed by atoms with Crippen LogP contribution in [0.3, 0.4) is 0 Å². The Morgan fingerprint density at radius 3 is 2.60 bits per heavy atom. The van der Waals surface area contributed by atoms with Crippen molar-refractivity contribution in [2.24, 2.45) is 0 Å². The molecule has 76 valence electrons. The van der Waals surface area contributed by atoms with E-state index < -0.39 is 0 Å². The molecule has 0 aliphatic heterocycles. The summed E-state index contributed by atoms with van der Waals surface area (Å²) in [6, 6.07) is 10.4. The summed E-state index contributed by atoms with van der Waals surface area (Å²) in [7, 11) is 0. The average Bonchev–Trinajstić information content (AvgIpc) is 2.20. The zero-order valence-corrected chi connectivity index (χ0v) is 10.4. The van der Waals surface area contributed by atoms with Crippen LogP contribution >= 0.6 is 15.9 Å². The summed E-state index contributed by atoms with van der Waals surface area (Å²) in [4.78, 5) is 4.41. The summed E-state index contributed by atoms with van der Waals surface area (Å²) < 4.78 is 1.10. The Morgan fingerprint density at radius 2 is 1.93 bits per heavy atom. The largest absolute Gasteiger partial charge is 0.256 e. The van der Waals surface area contributed by atoms with Crippen LogP contribution in [0.2, 0.25) is 0 Å². The minimum Gasteiger partial charge on any atom is -0.256 e. The van der Waals surface area contributed by atoms with Gasteiger partial charge in [-0.1, -0.05) is 34.1 Å². The van der Waals surface area contributed by atoms with E-state index in [1.54, 1.807) is 0 Å². The third-order valence-corrected chi connectivity index (χ3v) is 3.05. The first-order chi connectivity index (χ1) is 7.18. The zero-order valence-electron chi connectivity index (χ0n) is 8.79. The fraction of sp³-hybridized carbons (Fsp3) is 0.154. The highest BCUT2D eigenvalue weighted by atomic mass is 79.9. The van der Waals surface area contributed by atoms with Gasteiger partial charge in [-0.25, -0.2) is 0 Å². The Balaban J connectivity index is 2.60. The lowest BCUT2D eigenvalue weighted by Crippen LogP contribution is -1.88. The zero-order chi connectivity index (χ0) is 10.8. The van der Waals surface area contributed by atoms with Crippen LogP contribution in [0.25, 0.3) is 11.3 Å². The molecule has 1 nitrogen and oxygen atoms in total. The van der Waals surface area contributed by atoms with E-state index in [4.69, 9.17) is 0 Å². The van der Waals surface area contributed by atoms with Crippen molar-refractivity contribution < 1.29 is 0 Å². The Labute approximate surface area is 98.3 Å². The first kappa shape index (κ1) is 10.4. The normalized spacial score (nSPS) is 10.3. The Morgan fingerprint density at radius 1 is 1.13 bits per heavy atom. The van der Waals surface area contributed by atoms with Gasteiger partial charge in [-0.2, -0.15) is 0 Å². The number of rotatable bonds is 1. The Hall–Kier alpha value is -1.15. The van der Waals surface area contributed by atoms with Gasteiger partial charge in [0, 0.05) is 16.2 Å². The van der Waals surface area contributed by atoms with Crippen LogP contribution < -0.4 is 0 Å². The number of aryl methyl sites for hydroxylation is 2. The van der Waals surface area contributed by atoms with Gasteiger partial charge in [-0.3, -0.25) is 4.98 Å². The van der Waals surface area contributed by atoms with Crippen molar-refractivity contribution in [2.75, 3.05) is 0 Å². The molecule has 1 aromatic carbocycles. The van der Waals surface area contributed by atoms with Gasteiger partial charge in [0.1, 0.15) is 0 Å². The second kappa shape index (κ2) is 4.15.